The summed E-state index contributed by atoms with van der Waals surface area (Å²) >= 11 is 0. The molecule has 1 nitrogen and oxygen atoms in total. The van der Waals surface area contributed by atoms with Crippen molar-refractivity contribution in [3.63, 3.8) is 0 Å². The number of nitrogens with one attached hydrogen (secondary N) is 1. The first-order valence-electron chi connectivity index (χ1n) is 6.80. The molecule has 2 aliphatic rings. The molecular formula is C15H21N. The van der Waals surface area contributed by atoms with Crippen LogP contribution >= 0.6 is 0 Å². The normalized spacial score (nSPS) is 21.2. The SMILES string of the molecule is c1cc2c(cc1C1CCCC1)CCCCN2. The summed E-state index contributed by atoms with van der Waals surface area (Å²) in [4.78, 5) is 0. The first-order chi connectivity index (χ1) is 7.93. The summed E-state index contributed by atoms with van der Waals surface area (Å²) in [6.45, 7) is 1.15. The molecule has 1 heterocycles. The first-order valence-corrected chi connectivity index (χ1v) is 6.80. The van der Waals surface area contributed by atoms with E-state index >= 15 is 0 Å². The Balaban J connectivity index is 1.88. The molecule has 1 aliphatic heterocycles. The van der Waals surface area contributed by atoms with Crippen LogP contribution in [0.15, 0.2) is 18.2 Å². The van der Waals surface area contributed by atoms with Crippen molar-refractivity contribution in [1.82, 2.24) is 0 Å². The summed E-state index contributed by atoms with van der Waals surface area (Å²) in [6, 6.07) is 7.14. The van der Waals surface area contributed by atoms with Crippen molar-refractivity contribution < 1.29 is 0 Å². The van der Waals surface area contributed by atoms with Crippen LogP contribution in [0.5, 0.6) is 0 Å². The molecule has 1 aromatic rings. The predicted molar refractivity (Wildman–Crippen MR) is 69.1 cm³/mol. The quantitative estimate of drug-likeness (QED) is 0.744. The van der Waals surface area contributed by atoms with Gasteiger partial charge in [-0.15, -0.1) is 0 Å². The van der Waals surface area contributed by atoms with Crippen molar-refractivity contribution in [3.8, 4) is 0 Å². The molecule has 0 atom stereocenters. The lowest BCUT2D eigenvalue weighted by molar-refractivity contribution is 0.720. The molecule has 0 spiro atoms. The van der Waals surface area contributed by atoms with Gasteiger partial charge in [0, 0.05) is 12.2 Å². The second-order valence-corrected chi connectivity index (χ2v) is 5.28. The van der Waals surface area contributed by atoms with Crippen LogP contribution < -0.4 is 5.32 Å². The van der Waals surface area contributed by atoms with Crippen LogP contribution in [-0.2, 0) is 6.42 Å². The number of fused-ring (bicyclic) bond motifs is 1. The lowest BCUT2D eigenvalue weighted by Gasteiger charge is -2.14. The van der Waals surface area contributed by atoms with Gasteiger partial charge < -0.3 is 5.32 Å². The maximum Gasteiger partial charge on any atom is 0.0372 e. The van der Waals surface area contributed by atoms with Gasteiger partial charge in [0.15, 0.2) is 0 Å². The van der Waals surface area contributed by atoms with E-state index in [0.29, 0.717) is 0 Å². The Bertz CT molecular complexity index is 364. The average molecular weight is 215 g/mol. The van der Waals surface area contributed by atoms with E-state index in [0.717, 1.165) is 12.5 Å². The Labute approximate surface area is 98.3 Å². The van der Waals surface area contributed by atoms with Gasteiger partial charge in [-0.25, -0.2) is 0 Å². The summed E-state index contributed by atoms with van der Waals surface area (Å²) in [7, 11) is 0. The van der Waals surface area contributed by atoms with Crippen molar-refractivity contribution in [2.24, 2.45) is 0 Å². The average Bonchev–Trinajstić information content (AvgIpc) is 2.74. The monoisotopic (exact) mass is 215 g/mol. The summed E-state index contributed by atoms with van der Waals surface area (Å²) in [5.74, 6) is 0.855. The van der Waals surface area contributed by atoms with E-state index < -0.39 is 0 Å². The van der Waals surface area contributed by atoms with Gasteiger partial charge in [0.1, 0.15) is 0 Å². The largest absolute Gasteiger partial charge is 0.385 e. The van der Waals surface area contributed by atoms with Crippen LogP contribution in [-0.4, -0.2) is 6.54 Å². The molecule has 1 N–H and O–H groups in total. The van der Waals surface area contributed by atoms with Gasteiger partial charge in [-0.1, -0.05) is 25.0 Å². The van der Waals surface area contributed by atoms with Crippen molar-refractivity contribution in [1.29, 1.82) is 0 Å². The third-order valence-corrected chi connectivity index (χ3v) is 4.14. The van der Waals surface area contributed by atoms with Crippen LogP contribution in [0, 0.1) is 0 Å². The predicted octanol–water partition coefficient (Wildman–Crippen LogP) is 4.09. The molecule has 0 radical (unpaired) electrons. The second-order valence-electron chi connectivity index (χ2n) is 5.28. The molecule has 16 heavy (non-hydrogen) atoms. The molecule has 1 aliphatic carbocycles. The number of hydrogen-bond acceptors (Lipinski definition) is 1. The minimum Gasteiger partial charge on any atom is -0.385 e. The van der Waals surface area contributed by atoms with Gasteiger partial charge in [0.2, 0.25) is 0 Å². The zero-order chi connectivity index (χ0) is 10.8. The molecular weight excluding hydrogens is 194 g/mol. The van der Waals surface area contributed by atoms with Crippen molar-refractivity contribution in [2.75, 3.05) is 11.9 Å². The van der Waals surface area contributed by atoms with Crippen LogP contribution in [0.25, 0.3) is 0 Å². The number of hydrogen-bond donors (Lipinski definition) is 1. The Morgan fingerprint density at radius 1 is 1.00 bits per heavy atom. The van der Waals surface area contributed by atoms with Crippen molar-refractivity contribution in [3.05, 3.63) is 29.3 Å². The van der Waals surface area contributed by atoms with Gasteiger partial charge in [0.05, 0.1) is 0 Å². The molecule has 1 fully saturated rings. The molecule has 1 heteroatoms. The highest BCUT2D eigenvalue weighted by atomic mass is 14.9. The highest BCUT2D eigenvalue weighted by Gasteiger charge is 2.18. The molecule has 1 aromatic carbocycles. The van der Waals surface area contributed by atoms with E-state index in [9.17, 15) is 0 Å². The van der Waals surface area contributed by atoms with E-state index in [1.54, 1.807) is 11.1 Å². The highest BCUT2D eigenvalue weighted by molar-refractivity contribution is 5.54. The zero-order valence-corrected chi connectivity index (χ0v) is 9.97. The summed E-state index contributed by atoms with van der Waals surface area (Å²) in [5, 5.41) is 3.54. The van der Waals surface area contributed by atoms with Crippen LogP contribution in [0.3, 0.4) is 0 Å². The Kier molecular flexibility index (Phi) is 2.86. The highest BCUT2D eigenvalue weighted by Crippen LogP contribution is 2.36. The minimum absolute atomic E-state index is 0.855. The van der Waals surface area contributed by atoms with Crippen LogP contribution in [0.4, 0.5) is 5.69 Å². The molecule has 0 amide bonds. The smallest absolute Gasteiger partial charge is 0.0372 e. The maximum atomic E-state index is 3.54. The topological polar surface area (TPSA) is 12.0 Å². The van der Waals surface area contributed by atoms with Gasteiger partial charge in [-0.05, 0) is 55.2 Å². The fourth-order valence-electron chi connectivity index (χ4n) is 3.17. The number of rotatable bonds is 1. The third-order valence-electron chi connectivity index (χ3n) is 4.14. The fraction of sp³-hybridized carbons (Fsp3) is 0.600. The van der Waals surface area contributed by atoms with Crippen LogP contribution in [0.2, 0.25) is 0 Å². The van der Waals surface area contributed by atoms with Gasteiger partial charge in [-0.3, -0.25) is 0 Å². The van der Waals surface area contributed by atoms with Crippen molar-refractivity contribution >= 4 is 5.69 Å². The summed E-state index contributed by atoms with van der Waals surface area (Å²) in [6.07, 6.45) is 9.60. The molecule has 1 saturated carbocycles. The lowest BCUT2D eigenvalue weighted by atomic mass is 9.94. The first kappa shape index (κ1) is 10.2. The van der Waals surface area contributed by atoms with Crippen molar-refractivity contribution in [2.45, 2.75) is 50.9 Å². The number of anilines is 1. The van der Waals surface area contributed by atoms with Crippen LogP contribution in [0.1, 0.15) is 55.6 Å². The standard InChI is InChI=1S/C15H21N/c1-2-6-12(5-1)13-8-9-15-14(11-13)7-3-4-10-16-15/h8-9,11-12,16H,1-7,10H2. The Morgan fingerprint density at radius 3 is 2.75 bits per heavy atom. The van der Waals surface area contributed by atoms with Gasteiger partial charge in [0.25, 0.3) is 0 Å². The minimum atomic E-state index is 0.855. The molecule has 86 valence electrons. The van der Waals surface area contributed by atoms with E-state index in [1.807, 2.05) is 0 Å². The second kappa shape index (κ2) is 4.48. The summed E-state index contributed by atoms with van der Waals surface area (Å²) < 4.78 is 0. The fourth-order valence-corrected chi connectivity index (χ4v) is 3.17. The zero-order valence-electron chi connectivity index (χ0n) is 9.97. The molecule has 0 bridgehead atoms. The van der Waals surface area contributed by atoms with Gasteiger partial charge >= 0.3 is 0 Å². The van der Waals surface area contributed by atoms with Gasteiger partial charge in [-0.2, -0.15) is 0 Å². The number of aryl methyl sites for hydroxylation is 1. The summed E-state index contributed by atoms with van der Waals surface area (Å²) in [5.41, 5.74) is 4.54. The molecule has 0 aromatic heterocycles. The number of benzene rings is 1. The van der Waals surface area contributed by atoms with E-state index in [1.165, 1.54) is 50.6 Å². The molecule has 0 unspecified atom stereocenters. The molecule has 0 saturated heterocycles. The van der Waals surface area contributed by atoms with E-state index in [2.05, 4.69) is 23.5 Å². The Hall–Kier alpha value is -0.980. The lowest BCUT2D eigenvalue weighted by Crippen LogP contribution is -2.00. The third kappa shape index (κ3) is 1.95. The van der Waals surface area contributed by atoms with E-state index in [-0.39, 0.29) is 0 Å². The Morgan fingerprint density at radius 2 is 1.88 bits per heavy atom. The molecule has 3 rings (SSSR count). The van der Waals surface area contributed by atoms with E-state index in [4.69, 9.17) is 0 Å². The maximum absolute atomic E-state index is 3.54.